The van der Waals surface area contributed by atoms with Gasteiger partial charge in [0.25, 0.3) is 0 Å². The molecule has 0 aliphatic carbocycles. The molecule has 0 atom stereocenters. The van der Waals surface area contributed by atoms with E-state index in [-0.39, 0.29) is 0 Å². The molecular weight excluding hydrogens is 733 g/mol. The Kier molecular flexibility index (Phi) is 7.75. The summed E-state index contributed by atoms with van der Waals surface area (Å²) in [4.78, 5) is 2.47. The van der Waals surface area contributed by atoms with Crippen LogP contribution in [0.4, 0.5) is 17.1 Å². The summed E-state index contributed by atoms with van der Waals surface area (Å²) < 4.78 is 5.08. The van der Waals surface area contributed by atoms with Crippen molar-refractivity contribution in [3.8, 4) is 27.9 Å². The summed E-state index contributed by atoms with van der Waals surface area (Å²) in [5.41, 5.74) is 11.6. The van der Waals surface area contributed by atoms with Crippen molar-refractivity contribution < 1.29 is 0 Å². The molecule has 0 fully saturated rings. The molecule has 0 aliphatic rings. The predicted octanol–water partition coefficient (Wildman–Crippen LogP) is 16.3. The summed E-state index contributed by atoms with van der Waals surface area (Å²) >= 11 is 1.86. The molecule has 0 bridgehead atoms. The van der Waals surface area contributed by atoms with Crippen molar-refractivity contribution in [3.05, 3.63) is 218 Å². The Morgan fingerprint density at radius 2 is 0.932 bits per heavy atom. The van der Waals surface area contributed by atoms with Crippen LogP contribution in [-0.2, 0) is 0 Å². The molecule has 2 heterocycles. The molecule has 12 aromatic rings. The second-order valence-corrected chi connectivity index (χ2v) is 16.4. The first kappa shape index (κ1) is 33.7. The van der Waals surface area contributed by atoms with Crippen molar-refractivity contribution in [2.24, 2.45) is 0 Å². The lowest BCUT2D eigenvalue weighted by molar-refractivity contribution is 1.17. The van der Waals surface area contributed by atoms with Gasteiger partial charge >= 0.3 is 0 Å². The van der Waals surface area contributed by atoms with E-state index in [2.05, 4.69) is 228 Å². The molecule has 0 N–H and O–H groups in total. The fourth-order valence-electron chi connectivity index (χ4n) is 9.23. The van der Waals surface area contributed by atoms with Gasteiger partial charge in [-0.25, -0.2) is 0 Å². The first-order chi connectivity index (χ1) is 29.3. The standard InChI is InChI=1S/C56H36N2S/c1-3-12-37(13-4-1)39-24-29-43(30-25-39)57(45-33-34-48-47-18-9-10-21-52(47)59-53(48)36-45)51-20-11-19-49-55-50(35-28-42-23-22-41-16-7-8-17-46(41)54(42)55)58(56(49)51)44-31-26-40(27-32-44)38-14-5-2-6-15-38/h1-36H. The van der Waals surface area contributed by atoms with Gasteiger partial charge in [0.05, 0.1) is 16.7 Å². The van der Waals surface area contributed by atoms with Crippen LogP contribution >= 0.6 is 11.3 Å². The van der Waals surface area contributed by atoms with Crippen LogP contribution in [0.1, 0.15) is 0 Å². The van der Waals surface area contributed by atoms with Crippen molar-refractivity contribution in [2.75, 3.05) is 4.90 Å². The van der Waals surface area contributed by atoms with Crippen molar-refractivity contribution in [2.45, 2.75) is 0 Å². The monoisotopic (exact) mass is 768 g/mol. The number of rotatable bonds is 6. The zero-order valence-corrected chi connectivity index (χ0v) is 32.9. The van der Waals surface area contributed by atoms with Gasteiger partial charge in [-0.3, -0.25) is 0 Å². The molecule has 0 amide bonds. The highest BCUT2D eigenvalue weighted by Gasteiger charge is 2.24. The summed E-state index contributed by atoms with van der Waals surface area (Å²) in [6, 6.07) is 80.0. The Bertz CT molecular complexity index is 3530. The van der Waals surface area contributed by atoms with Gasteiger partial charge in [-0.2, -0.15) is 0 Å². The second kappa shape index (κ2) is 13.6. The van der Waals surface area contributed by atoms with Gasteiger partial charge in [0, 0.05) is 48.0 Å². The fraction of sp³-hybridized carbons (Fsp3) is 0. The van der Waals surface area contributed by atoms with Crippen LogP contribution in [-0.4, -0.2) is 4.57 Å². The summed E-state index contributed by atoms with van der Waals surface area (Å²) in [5, 5.41) is 10.1. The number of benzene rings is 10. The van der Waals surface area contributed by atoms with E-state index in [1.807, 2.05) is 11.3 Å². The molecule has 0 saturated carbocycles. The average Bonchev–Trinajstić information content (AvgIpc) is 3.86. The zero-order chi connectivity index (χ0) is 38.9. The van der Waals surface area contributed by atoms with E-state index in [0.717, 1.165) is 22.7 Å². The highest BCUT2D eigenvalue weighted by Crippen LogP contribution is 2.47. The second-order valence-electron chi connectivity index (χ2n) is 15.3. The molecule has 10 aromatic carbocycles. The highest BCUT2D eigenvalue weighted by atomic mass is 32.1. The van der Waals surface area contributed by atoms with Gasteiger partial charge in [-0.05, 0) is 98.4 Å². The third-order valence-electron chi connectivity index (χ3n) is 12.0. The summed E-state index contributed by atoms with van der Waals surface area (Å²) in [6.45, 7) is 0. The lowest BCUT2D eigenvalue weighted by Crippen LogP contribution is -2.11. The average molecular weight is 769 g/mol. The molecule has 0 spiro atoms. The number of thiophene rings is 1. The van der Waals surface area contributed by atoms with Gasteiger partial charge in [0.15, 0.2) is 0 Å². The third-order valence-corrected chi connectivity index (χ3v) is 13.1. The van der Waals surface area contributed by atoms with Crippen LogP contribution in [0.25, 0.3) is 91.5 Å². The predicted molar refractivity (Wildman–Crippen MR) is 254 cm³/mol. The first-order valence-corrected chi connectivity index (χ1v) is 21.0. The Hall–Kier alpha value is -7.46. The van der Waals surface area contributed by atoms with Gasteiger partial charge in [0.2, 0.25) is 0 Å². The maximum atomic E-state index is 2.50. The lowest BCUT2D eigenvalue weighted by atomic mass is 9.97. The number of aromatic nitrogens is 1. The quantitative estimate of drug-likeness (QED) is 0.153. The minimum absolute atomic E-state index is 1.10. The maximum absolute atomic E-state index is 2.50. The summed E-state index contributed by atoms with van der Waals surface area (Å²) in [6.07, 6.45) is 0. The Morgan fingerprint density at radius 3 is 1.69 bits per heavy atom. The van der Waals surface area contributed by atoms with E-state index in [4.69, 9.17) is 0 Å². The molecule has 59 heavy (non-hydrogen) atoms. The summed E-state index contributed by atoms with van der Waals surface area (Å²) in [5.74, 6) is 0. The van der Waals surface area contributed by atoms with Crippen LogP contribution in [0.2, 0.25) is 0 Å². The van der Waals surface area contributed by atoms with E-state index in [0.29, 0.717) is 0 Å². The van der Waals surface area contributed by atoms with E-state index >= 15 is 0 Å². The minimum Gasteiger partial charge on any atom is -0.308 e. The largest absolute Gasteiger partial charge is 0.308 e. The molecule has 0 radical (unpaired) electrons. The van der Waals surface area contributed by atoms with Crippen LogP contribution in [0.15, 0.2) is 218 Å². The van der Waals surface area contributed by atoms with Crippen LogP contribution in [0.5, 0.6) is 0 Å². The zero-order valence-electron chi connectivity index (χ0n) is 32.1. The van der Waals surface area contributed by atoms with E-state index in [1.54, 1.807) is 0 Å². The molecule has 0 unspecified atom stereocenters. The minimum atomic E-state index is 1.10. The molecule has 0 saturated heterocycles. The summed E-state index contributed by atoms with van der Waals surface area (Å²) in [7, 11) is 0. The van der Waals surface area contributed by atoms with Crippen molar-refractivity contribution >= 4 is 91.9 Å². The van der Waals surface area contributed by atoms with Gasteiger partial charge in [-0.1, -0.05) is 164 Å². The third kappa shape index (κ3) is 5.47. The molecule has 2 aromatic heterocycles. The number of para-hydroxylation sites is 1. The first-order valence-electron chi connectivity index (χ1n) is 20.2. The number of hydrogen-bond acceptors (Lipinski definition) is 2. The number of nitrogens with zero attached hydrogens (tertiary/aromatic N) is 2. The van der Waals surface area contributed by atoms with Gasteiger partial charge in [0.1, 0.15) is 0 Å². The molecule has 12 rings (SSSR count). The Labute approximate surface area is 346 Å². The highest BCUT2D eigenvalue weighted by molar-refractivity contribution is 7.25. The fourth-order valence-corrected chi connectivity index (χ4v) is 10.4. The van der Waals surface area contributed by atoms with Crippen LogP contribution in [0, 0.1) is 0 Å². The van der Waals surface area contributed by atoms with Crippen molar-refractivity contribution in [3.63, 3.8) is 0 Å². The lowest BCUT2D eigenvalue weighted by Gasteiger charge is -2.27. The molecule has 3 heteroatoms. The van der Waals surface area contributed by atoms with Crippen molar-refractivity contribution in [1.82, 2.24) is 4.57 Å². The van der Waals surface area contributed by atoms with Crippen molar-refractivity contribution in [1.29, 1.82) is 0 Å². The van der Waals surface area contributed by atoms with E-state index < -0.39 is 0 Å². The number of anilines is 3. The molecule has 276 valence electrons. The van der Waals surface area contributed by atoms with E-state index in [9.17, 15) is 0 Å². The molecular formula is C56H36N2S. The number of fused-ring (bicyclic) bond motifs is 10. The van der Waals surface area contributed by atoms with Crippen LogP contribution in [0.3, 0.4) is 0 Å². The van der Waals surface area contributed by atoms with E-state index in [1.165, 1.54) is 85.8 Å². The van der Waals surface area contributed by atoms with Gasteiger partial charge < -0.3 is 9.47 Å². The molecule has 2 nitrogen and oxygen atoms in total. The number of hydrogen-bond donors (Lipinski definition) is 0. The SMILES string of the molecule is c1ccc(-c2ccc(N(c3ccc4c(c3)sc3ccccc34)c3cccc4c5c6c(ccc7ccccc76)ccc5n(-c5ccc(-c6ccccc6)cc5)c34)cc2)cc1. The van der Waals surface area contributed by atoms with Gasteiger partial charge in [-0.15, -0.1) is 11.3 Å². The molecule has 0 aliphatic heterocycles. The normalized spacial score (nSPS) is 11.7. The topological polar surface area (TPSA) is 8.17 Å². The smallest absolute Gasteiger partial charge is 0.0782 e. The Morgan fingerprint density at radius 1 is 0.356 bits per heavy atom. The van der Waals surface area contributed by atoms with Crippen LogP contribution < -0.4 is 4.90 Å². The Balaban J connectivity index is 1.17. The maximum Gasteiger partial charge on any atom is 0.0782 e.